The number of aromatic nitrogens is 3. The van der Waals surface area contributed by atoms with E-state index in [1.54, 1.807) is 16.8 Å². The van der Waals surface area contributed by atoms with Gasteiger partial charge >= 0.3 is 0 Å². The van der Waals surface area contributed by atoms with Crippen molar-refractivity contribution >= 4 is 29.1 Å². The Balaban J connectivity index is 1.09. The van der Waals surface area contributed by atoms with Gasteiger partial charge in [0.15, 0.2) is 0 Å². The van der Waals surface area contributed by atoms with Gasteiger partial charge in [-0.25, -0.2) is 4.98 Å². The van der Waals surface area contributed by atoms with Crippen molar-refractivity contribution < 1.29 is 9.59 Å². The third-order valence-corrected chi connectivity index (χ3v) is 10.2. The third kappa shape index (κ3) is 7.05. The van der Waals surface area contributed by atoms with Crippen LogP contribution in [0.15, 0.2) is 77.9 Å². The summed E-state index contributed by atoms with van der Waals surface area (Å²) in [5.41, 5.74) is 9.66. The number of halogens is 1. The van der Waals surface area contributed by atoms with Crippen LogP contribution in [0.1, 0.15) is 48.1 Å². The molecule has 0 aliphatic carbocycles. The summed E-state index contributed by atoms with van der Waals surface area (Å²) in [6.07, 6.45) is 6.22. The van der Waals surface area contributed by atoms with Gasteiger partial charge in [0.05, 0.1) is 10.7 Å². The molecule has 2 aromatic carbocycles. The van der Waals surface area contributed by atoms with Gasteiger partial charge in [-0.2, -0.15) is 0 Å². The van der Waals surface area contributed by atoms with Crippen LogP contribution in [0.3, 0.4) is 0 Å². The minimum absolute atomic E-state index is 0.0738. The Hall–Kier alpha value is -4.90. The van der Waals surface area contributed by atoms with Crippen molar-refractivity contribution in [2.45, 2.75) is 64.7 Å². The fourth-order valence-electron chi connectivity index (χ4n) is 6.93. The summed E-state index contributed by atoms with van der Waals surface area (Å²) >= 11 is 7.14. The van der Waals surface area contributed by atoms with E-state index < -0.39 is 0 Å². The van der Waals surface area contributed by atoms with Crippen molar-refractivity contribution in [1.29, 1.82) is 0 Å². The molecule has 256 valence electrons. The van der Waals surface area contributed by atoms with Crippen molar-refractivity contribution in [3.8, 4) is 33.5 Å². The molecule has 4 N–H and O–H groups in total. The molecule has 2 aliphatic heterocycles. The molecule has 0 spiro atoms. The van der Waals surface area contributed by atoms with Gasteiger partial charge in [0.25, 0.3) is 5.56 Å². The highest BCUT2D eigenvalue weighted by molar-refractivity contribution is 6.36. The molecule has 2 amide bonds. The fraction of sp³-hybridized carbons (Fsp3) is 0.308. The van der Waals surface area contributed by atoms with Gasteiger partial charge in [-0.05, 0) is 72.7 Å². The van der Waals surface area contributed by atoms with E-state index in [0.717, 1.165) is 69.7 Å². The van der Waals surface area contributed by atoms with Gasteiger partial charge in [0.2, 0.25) is 11.8 Å². The van der Waals surface area contributed by atoms with Gasteiger partial charge in [-0.1, -0.05) is 54.1 Å². The van der Waals surface area contributed by atoms with E-state index in [1.807, 2.05) is 49.4 Å². The van der Waals surface area contributed by atoms with Crippen LogP contribution in [0.5, 0.6) is 0 Å². The number of hydrogen-bond acceptors (Lipinski definition) is 7. The van der Waals surface area contributed by atoms with Gasteiger partial charge in [-0.3, -0.25) is 23.8 Å². The Morgan fingerprint density at radius 1 is 0.800 bits per heavy atom. The van der Waals surface area contributed by atoms with Crippen LogP contribution in [0.25, 0.3) is 39.2 Å². The molecule has 2 saturated heterocycles. The molecule has 2 atom stereocenters. The monoisotopic (exact) mass is 689 g/mol. The van der Waals surface area contributed by atoms with Crippen molar-refractivity contribution in [1.82, 2.24) is 35.6 Å². The van der Waals surface area contributed by atoms with E-state index in [2.05, 4.69) is 51.4 Å². The van der Waals surface area contributed by atoms with Gasteiger partial charge < -0.3 is 21.3 Å². The Kier molecular flexibility index (Phi) is 9.76. The summed E-state index contributed by atoms with van der Waals surface area (Å²) in [4.78, 5) is 45.8. The van der Waals surface area contributed by atoms with Crippen LogP contribution in [-0.2, 0) is 22.7 Å². The highest BCUT2D eigenvalue weighted by Gasteiger charge is 2.21. The zero-order chi connectivity index (χ0) is 34.8. The highest BCUT2D eigenvalue weighted by Crippen LogP contribution is 2.39. The predicted octanol–water partition coefficient (Wildman–Crippen LogP) is 5.10. The number of fused-ring (bicyclic) bond motifs is 1. The number of benzene rings is 2. The maximum absolute atomic E-state index is 13.3. The Morgan fingerprint density at radius 3 is 2.10 bits per heavy atom. The lowest BCUT2D eigenvalue weighted by atomic mass is 9.92. The van der Waals surface area contributed by atoms with Crippen molar-refractivity contribution in [3.63, 3.8) is 0 Å². The third-order valence-electron chi connectivity index (χ3n) is 9.77. The average Bonchev–Trinajstić information content (AvgIpc) is 3.73. The summed E-state index contributed by atoms with van der Waals surface area (Å²) in [5.74, 6) is 0.196. The predicted molar refractivity (Wildman–Crippen MR) is 196 cm³/mol. The zero-order valence-electron chi connectivity index (χ0n) is 28.2. The second-order valence-electron chi connectivity index (χ2n) is 13.2. The first kappa shape index (κ1) is 33.6. The van der Waals surface area contributed by atoms with E-state index in [-0.39, 0.29) is 29.5 Å². The van der Waals surface area contributed by atoms with Crippen LogP contribution in [0.2, 0.25) is 5.02 Å². The second-order valence-corrected chi connectivity index (χ2v) is 13.6. The quantitative estimate of drug-likeness (QED) is 0.152. The number of nitrogens with one attached hydrogen (secondary N) is 4. The summed E-state index contributed by atoms with van der Waals surface area (Å²) in [6, 6.07) is 20.4. The summed E-state index contributed by atoms with van der Waals surface area (Å²) in [7, 11) is 0. The van der Waals surface area contributed by atoms with E-state index in [0.29, 0.717) is 48.7 Å². The van der Waals surface area contributed by atoms with Crippen molar-refractivity contribution in [3.05, 3.63) is 111 Å². The fourth-order valence-corrected chi connectivity index (χ4v) is 7.25. The smallest absolute Gasteiger partial charge is 0.262 e. The number of nitrogens with zero attached hydrogens (tertiary/aromatic N) is 3. The Labute approximate surface area is 295 Å². The molecule has 7 rings (SSSR count). The molecule has 0 bridgehead atoms. The molecular formula is C39H40ClN7O3. The lowest BCUT2D eigenvalue weighted by Crippen LogP contribution is -2.36. The minimum Gasteiger partial charge on any atom is -0.352 e. The molecule has 3 aromatic heterocycles. The zero-order valence-corrected chi connectivity index (χ0v) is 28.9. The molecule has 50 heavy (non-hydrogen) atoms. The van der Waals surface area contributed by atoms with Gasteiger partial charge in [-0.15, -0.1) is 0 Å². The standard InChI is InChI=1S/C39H40ClN7O3/c1-23-30(25-15-16-47-35(17-25)43-20-27(39(47)50)19-42-22-29-11-14-37(49)46-29)5-3-6-31(23)32-7-4-8-33(38(32)40)34-12-9-26(24(2)44-34)18-41-21-28-10-13-36(48)45-28/h3-9,12,15-17,20,28-29,41-42H,10-11,13-14,18-19,21-22H2,1-2H3,(H,45,48)(H,46,49)/t28?,29-/m0/s1. The molecule has 11 heteroatoms. The van der Waals surface area contributed by atoms with Crippen LogP contribution < -0.4 is 26.8 Å². The normalized spacial score (nSPS) is 17.3. The molecule has 5 aromatic rings. The molecule has 1 unspecified atom stereocenters. The van der Waals surface area contributed by atoms with Crippen molar-refractivity contribution in [2.24, 2.45) is 0 Å². The van der Waals surface area contributed by atoms with E-state index in [1.165, 1.54) is 0 Å². The average molecular weight is 690 g/mol. The van der Waals surface area contributed by atoms with Crippen LogP contribution >= 0.6 is 11.6 Å². The Morgan fingerprint density at radius 2 is 1.44 bits per heavy atom. The maximum Gasteiger partial charge on any atom is 0.262 e. The number of hydrogen-bond donors (Lipinski definition) is 4. The summed E-state index contributed by atoms with van der Waals surface area (Å²) in [5, 5.41) is 13.3. The molecule has 10 nitrogen and oxygen atoms in total. The second kappa shape index (κ2) is 14.5. The largest absolute Gasteiger partial charge is 0.352 e. The Bertz CT molecular complexity index is 2160. The molecule has 0 saturated carbocycles. The van der Waals surface area contributed by atoms with Crippen LogP contribution in [-0.4, -0.2) is 51.4 Å². The van der Waals surface area contributed by atoms with Crippen molar-refractivity contribution in [2.75, 3.05) is 13.1 Å². The molecule has 0 radical (unpaired) electrons. The first-order valence-electron chi connectivity index (χ1n) is 17.1. The topological polar surface area (TPSA) is 130 Å². The molecule has 5 heterocycles. The van der Waals surface area contributed by atoms with Gasteiger partial charge in [0, 0.05) is 85.9 Å². The number of aryl methyl sites for hydroxylation is 1. The summed E-state index contributed by atoms with van der Waals surface area (Å²) < 4.78 is 1.57. The number of rotatable bonds is 11. The number of pyridine rings is 2. The van der Waals surface area contributed by atoms with Gasteiger partial charge in [0.1, 0.15) is 5.65 Å². The number of carbonyl (C=O) groups excluding carboxylic acids is 2. The SMILES string of the molecule is Cc1nc(-c2cccc(-c3cccc(-c4ccn5c(=O)c(CNC[C@@H]6CCC(=O)N6)cnc5c4)c3C)c2Cl)ccc1CNCC1CCC(=O)N1. The van der Waals surface area contributed by atoms with Crippen LogP contribution in [0.4, 0.5) is 0 Å². The van der Waals surface area contributed by atoms with E-state index >= 15 is 0 Å². The lowest BCUT2D eigenvalue weighted by Gasteiger charge is -2.16. The number of amides is 2. The molecular weight excluding hydrogens is 650 g/mol. The summed E-state index contributed by atoms with van der Waals surface area (Å²) in [6.45, 7) is 6.48. The van der Waals surface area contributed by atoms with E-state index in [9.17, 15) is 14.4 Å². The lowest BCUT2D eigenvalue weighted by molar-refractivity contribution is -0.120. The molecule has 2 fully saturated rings. The minimum atomic E-state index is -0.120. The highest BCUT2D eigenvalue weighted by atomic mass is 35.5. The maximum atomic E-state index is 13.3. The first-order chi connectivity index (χ1) is 24.2. The first-order valence-corrected chi connectivity index (χ1v) is 17.5. The molecule has 2 aliphatic rings. The number of carbonyl (C=O) groups is 2. The van der Waals surface area contributed by atoms with Crippen LogP contribution in [0, 0.1) is 13.8 Å². The van der Waals surface area contributed by atoms with E-state index in [4.69, 9.17) is 16.6 Å².